The molecule has 0 radical (unpaired) electrons. The zero-order chi connectivity index (χ0) is 13.9. The van der Waals surface area contributed by atoms with Gasteiger partial charge in [-0.15, -0.1) is 0 Å². The number of piperidine rings is 1. The van der Waals surface area contributed by atoms with Crippen LogP contribution in [-0.4, -0.2) is 24.5 Å². The van der Waals surface area contributed by atoms with E-state index in [9.17, 15) is 13.2 Å². The van der Waals surface area contributed by atoms with Crippen LogP contribution in [0.3, 0.4) is 0 Å². The van der Waals surface area contributed by atoms with Crippen molar-refractivity contribution in [2.24, 2.45) is 11.7 Å². The predicted octanol–water partition coefficient (Wildman–Crippen LogP) is 2.88. The number of benzene rings is 1. The fourth-order valence-electron chi connectivity index (χ4n) is 2.59. The Morgan fingerprint density at radius 2 is 2.11 bits per heavy atom. The predicted molar refractivity (Wildman–Crippen MR) is 68.5 cm³/mol. The summed E-state index contributed by atoms with van der Waals surface area (Å²) < 4.78 is 37.9. The summed E-state index contributed by atoms with van der Waals surface area (Å²) in [5.74, 6) is 0.472. The van der Waals surface area contributed by atoms with Crippen LogP contribution in [0.1, 0.15) is 24.0 Å². The lowest BCUT2D eigenvalue weighted by atomic mass is 9.97. The Labute approximate surface area is 111 Å². The molecular weight excluding hydrogens is 253 g/mol. The normalized spacial score (nSPS) is 21.6. The van der Waals surface area contributed by atoms with Gasteiger partial charge in [-0.25, -0.2) is 0 Å². The molecule has 1 aliphatic heterocycles. The average molecular weight is 272 g/mol. The van der Waals surface area contributed by atoms with E-state index in [4.69, 9.17) is 5.73 Å². The minimum absolute atomic E-state index is 0.472. The highest BCUT2D eigenvalue weighted by atomic mass is 19.4. The molecule has 2 N–H and O–H groups in total. The van der Waals surface area contributed by atoms with Crippen molar-refractivity contribution in [3.63, 3.8) is 0 Å². The number of alkyl halides is 3. The zero-order valence-corrected chi connectivity index (χ0v) is 10.8. The molecule has 0 amide bonds. The van der Waals surface area contributed by atoms with Crippen molar-refractivity contribution in [3.8, 4) is 0 Å². The van der Waals surface area contributed by atoms with Gasteiger partial charge in [-0.05, 0) is 43.5 Å². The van der Waals surface area contributed by atoms with Crippen molar-refractivity contribution in [1.82, 2.24) is 4.90 Å². The van der Waals surface area contributed by atoms with Crippen molar-refractivity contribution in [2.75, 3.05) is 19.6 Å². The summed E-state index contributed by atoms with van der Waals surface area (Å²) in [5.41, 5.74) is 5.81. The van der Waals surface area contributed by atoms with Crippen molar-refractivity contribution in [3.05, 3.63) is 35.4 Å². The molecule has 1 heterocycles. The van der Waals surface area contributed by atoms with Crippen LogP contribution in [0.2, 0.25) is 0 Å². The third kappa shape index (κ3) is 3.94. The molecule has 1 fully saturated rings. The maximum absolute atomic E-state index is 12.6. The molecule has 2 nitrogen and oxygen atoms in total. The first-order chi connectivity index (χ1) is 8.99. The van der Waals surface area contributed by atoms with Crippen LogP contribution < -0.4 is 5.73 Å². The number of nitrogens with zero attached hydrogens (tertiary/aromatic N) is 1. The molecule has 1 aromatic rings. The Hall–Kier alpha value is -1.07. The number of likely N-dealkylation sites (tertiary alicyclic amines) is 1. The van der Waals surface area contributed by atoms with Gasteiger partial charge in [0.1, 0.15) is 0 Å². The van der Waals surface area contributed by atoms with E-state index >= 15 is 0 Å². The van der Waals surface area contributed by atoms with Gasteiger partial charge in [0.05, 0.1) is 5.56 Å². The third-order valence-electron chi connectivity index (χ3n) is 3.60. The summed E-state index contributed by atoms with van der Waals surface area (Å²) in [7, 11) is 0. The summed E-state index contributed by atoms with van der Waals surface area (Å²) in [6.45, 7) is 3.04. The van der Waals surface area contributed by atoms with Gasteiger partial charge >= 0.3 is 6.18 Å². The molecule has 0 bridgehead atoms. The average Bonchev–Trinajstić information content (AvgIpc) is 2.38. The molecule has 106 valence electrons. The molecular formula is C14H19F3N2. The van der Waals surface area contributed by atoms with E-state index in [1.165, 1.54) is 12.1 Å². The van der Waals surface area contributed by atoms with Crippen LogP contribution in [0.4, 0.5) is 13.2 Å². The topological polar surface area (TPSA) is 29.3 Å². The number of hydrogen-bond acceptors (Lipinski definition) is 2. The highest BCUT2D eigenvalue weighted by molar-refractivity contribution is 5.25. The zero-order valence-electron chi connectivity index (χ0n) is 10.8. The number of rotatable bonds is 3. The van der Waals surface area contributed by atoms with Gasteiger partial charge in [-0.1, -0.05) is 18.2 Å². The lowest BCUT2D eigenvalue weighted by molar-refractivity contribution is -0.137. The van der Waals surface area contributed by atoms with Crippen molar-refractivity contribution in [1.29, 1.82) is 0 Å². The van der Waals surface area contributed by atoms with E-state index in [1.54, 1.807) is 6.07 Å². The maximum Gasteiger partial charge on any atom is 0.416 e. The van der Waals surface area contributed by atoms with Gasteiger partial charge in [0, 0.05) is 13.1 Å². The highest BCUT2D eigenvalue weighted by Gasteiger charge is 2.30. The molecule has 5 heteroatoms. The Bertz CT molecular complexity index is 417. The van der Waals surface area contributed by atoms with E-state index in [2.05, 4.69) is 4.90 Å². The minimum Gasteiger partial charge on any atom is -0.330 e. The molecule has 2 rings (SSSR count). The first-order valence-corrected chi connectivity index (χ1v) is 6.57. The second-order valence-corrected chi connectivity index (χ2v) is 5.18. The van der Waals surface area contributed by atoms with Gasteiger partial charge in [-0.2, -0.15) is 13.2 Å². The fraction of sp³-hybridized carbons (Fsp3) is 0.571. The van der Waals surface area contributed by atoms with E-state index in [-0.39, 0.29) is 0 Å². The van der Waals surface area contributed by atoms with Crippen molar-refractivity contribution >= 4 is 0 Å². The summed E-state index contributed by atoms with van der Waals surface area (Å²) >= 11 is 0. The molecule has 0 spiro atoms. The number of nitrogens with two attached hydrogens (primary N) is 1. The van der Waals surface area contributed by atoms with E-state index in [0.29, 0.717) is 24.6 Å². The summed E-state index contributed by atoms with van der Waals surface area (Å²) in [5, 5.41) is 0. The quantitative estimate of drug-likeness (QED) is 0.916. The van der Waals surface area contributed by atoms with Crippen LogP contribution in [0.15, 0.2) is 24.3 Å². The summed E-state index contributed by atoms with van der Waals surface area (Å²) in [6.07, 6.45) is -2.08. The van der Waals surface area contributed by atoms with Crippen LogP contribution >= 0.6 is 0 Å². The lowest BCUT2D eigenvalue weighted by Gasteiger charge is -2.32. The molecule has 0 aliphatic carbocycles. The van der Waals surface area contributed by atoms with E-state index in [1.807, 2.05) is 0 Å². The van der Waals surface area contributed by atoms with Crippen molar-refractivity contribution in [2.45, 2.75) is 25.6 Å². The Morgan fingerprint density at radius 3 is 2.79 bits per heavy atom. The van der Waals surface area contributed by atoms with Crippen molar-refractivity contribution < 1.29 is 13.2 Å². The Balaban J connectivity index is 2.03. The van der Waals surface area contributed by atoms with E-state index in [0.717, 1.165) is 32.0 Å². The molecule has 1 aromatic carbocycles. The molecule has 19 heavy (non-hydrogen) atoms. The lowest BCUT2D eigenvalue weighted by Crippen LogP contribution is -2.37. The molecule has 0 saturated carbocycles. The standard InChI is InChI=1S/C14H19F3N2/c15-14(16,17)13-5-1-3-11(7-13)9-19-6-2-4-12(8-18)10-19/h1,3,5,7,12H,2,4,6,8-10,18H2. The van der Waals surface area contributed by atoms with Gasteiger partial charge in [-0.3, -0.25) is 4.90 Å². The second-order valence-electron chi connectivity index (χ2n) is 5.18. The fourth-order valence-corrected chi connectivity index (χ4v) is 2.59. The number of halogens is 3. The summed E-state index contributed by atoms with van der Waals surface area (Å²) in [4.78, 5) is 2.19. The molecule has 1 unspecified atom stereocenters. The van der Waals surface area contributed by atoms with Gasteiger partial charge < -0.3 is 5.73 Å². The Morgan fingerprint density at radius 1 is 1.32 bits per heavy atom. The SMILES string of the molecule is NCC1CCCN(Cc2cccc(C(F)(F)F)c2)C1. The molecule has 0 aromatic heterocycles. The highest BCUT2D eigenvalue weighted by Crippen LogP contribution is 2.30. The minimum atomic E-state index is -4.27. The first kappa shape index (κ1) is 14.3. The van der Waals surface area contributed by atoms with Crippen LogP contribution in [0, 0.1) is 5.92 Å². The van der Waals surface area contributed by atoms with Gasteiger partial charge in [0.25, 0.3) is 0 Å². The van der Waals surface area contributed by atoms with Crippen LogP contribution in [0.5, 0.6) is 0 Å². The van der Waals surface area contributed by atoms with Crippen LogP contribution in [-0.2, 0) is 12.7 Å². The van der Waals surface area contributed by atoms with E-state index < -0.39 is 11.7 Å². The molecule has 1 saturated heterocycles. The molecule has 1 aliphatic rings. The third-order valence-corrected chi connectivity index (χ3v) is 3.60. The second kappa shape index (κ2) is 5.92. The first-order valence-electron chi connectivity index (χ1n) is 6.57. The van der Waals surface area contributed by atoms with Gasteiger partial charge in [0.2, 0.25) is 0 Å². The number of hydrogen-bond donors (Lipinski definition) is 1. The smallest absolute Gasteiger partial charge is 0.330 e. The largest absolute Gasteiger partial charge is 0.416 e. The maximum atomic E-state index is 12.6. The van der Waals surface area contributed by atoms with Gasteiger partial charge in [0.15, 0.2) is 0 Å². The molecule has 1 atom stereocenters. The monoisotopic (exact) mass is 272 g/mol. The van der Waals surface area contributed by atoms with Crippen LogP contribution in [0.25, 0.3) is 0 Å². The summed E-state index contributed by atoms with van der Waals surface area (Å²) in [6, 6.07) is 5.58. The Kier molecular flexibility index (Phi) is 4.47.